The second-order valence-corrected chi connectivity index (χ2v) is 5.80. The van der Waals surface area contributed by atoms with E-state index in [4.69, 9.17) is 9.84 Å². The minimum atomic E-state index is -0.821. The number of amides is 2. The Morgan fingerprint density at radius 1 is 1.30 bits per heavy atom. The molecular formula is C13H23N3O4. The number of hydrogen-bond acceptors (Lipinski definition) is 4. The first-order chi connectivity index (χ1) is 9.48. The number of carbonyl (C=O) groups excluding carboxylic acids is 1. The molecule has 0 saturated carbocycles. The number of hydrogen-bond donors (Lipinski definition) is 2. The van der Waals surface area contributed by atoms with Crippen molar-refractivity contribution in [3.05, 3.63) is 0 Å². The first kappa shape index (κ1) is 15.1. The quantitative estimate of drug-likeness (QED) is 0.761. The zero-order valence-electron chi connectivity index (χ0n) is 11.9. The summed E-state index contributed by atoms with van der Waals surface area (Å²) < 4.78 is 5.33. The summed E-state index contributed by atoms with van der Waals surface area (Å²) in [6.07, 6.45) is 1.63. The van der Waals surface area contributed by atoms with Gasteiger partial charge in [-0.05, 0) is 19.8 Å². The Morgan fingerprint density at radius 3 is 2.75 bits per heavy atom. The third-order valence-corrected chi connectivity index (χ3v) is 3.86. The van der Waals surface area contributed by atoms with Crippen molar-refractivity contribution in [1.29, 1.82) is 0 Å². The molecule has 114 valence electrons. The van der Waals surface area contributed by atoms with Crippen LogP contribution >= 0.6 is 0 Å². The molecule has 0 bridgehead atoms. The fraction of sp³-hybridized carbons (Fsp3) is 0.846. The van der Waals surface area contributed by atoms with Crippen molar-refractivity contribution in [1.82, 2.24) is 15.1 Å². The van der Waals surface area contributed by atoms with E-state index in [-0.39, 0.29) is 18.1 Å². The number of carboxylic acid groups (broad SMARTS) is 1. The Bertz CT molecular complexity index is 369. The van der Waals surface area contributed by atoms with Crippen LogP contribution in [-0.4, -0.2) is 78.4 Å². The van der Waals surface area contributed by atoms with Gasteiger partial charge in [-0.2, -0.15) is 0 Å². The fourth-order valence-electron chi connectivity index (χ4n) is 2.63. The van der Waals surface area contributed by atoms with E-state index in [2.05, 4.69) is 5.32 Å². The van der Waals surface area contributed by atoms with Crippen molar-refractivity contribution >= 4 is 12.0 Å². The van der Waals surface area contributed by atoms with Crippen LogP contribution in [0.3, 0.4) is 0 Å². The number of urea groups is 1. The van der Waals surface area contributed by atoms with Gasteiger partial charge in [0.15, 0.2) is 0 Å². The molecule has 2 saturated heterocycles. The van der Waals surface area contributed by atoms with E-state index >= 15 is 0 Å². The topological polar surface area (TPSA) is 82.1 Å². The minimum absolute atomic E-state index is 0.0427. The summed E-state index contributed by atoms with van der Waals surface area (Å²) in [6, 6.07) is -0.0739. The van der Waals surface area contributed by atoms with Crippen molar-refractivity contribution in [2.75, 3.05) is 45.9 Å². The molecule has 7 heteroatoms. The Balaban J connectivity index is 1.83. The van der Waals surface area contributed by atoms with E-state index in [0.29, 0.717) is 32.8 Å². The van der Waals surface area contributed by atoms with Crippen LogP contribution in [0.1, 0.15) is 19.8 Å². The smallest absolute Gasteiger partial charge is 0.317 e. The van der Waals surface area contributed by atoms with E-state index in [0.717, 1.165) is 19.4 Å². The molecule has 0 aromatic rings. The van der Waals surface area contributed by atoms with E-state index in [1.807, 2.05) is 11.8 Å². The van der Waals surface area contributed by atoms with Crippen LogP contribution in [0.4, 0.5) is 4.79 Å². The van der Waals surface area contributed by atoms with Gasteiger partial charge in [-0.1, -0.05) is 0 Å². The van der Waals surface area contributed by atoms with E-state index < -0.39 is 5.97 Å². The number of nitrogens with zero attached hydrogens (tertiary/aromatic N) is 2. The predicted octanol–water partition coefficient (Wildman–Crippen LogP) is -0.0327. The van der Waals surface area contributed by atoms with Gasteiger partial charge in [-0.3, -0.25) is 9.69 Å². The average Bonchev–Trinajstić information content (AvgIpc) is 2.65. The molecule has 2 amide bonds. The maximum atomic E-state index is 12.3. The molecule has 0 aromatic carbocycles. The lowest BCUT2D eigenvalue weighted by Crippen LogP contribution is -2.52. The summed E-state index contributed by atoms with van der Waals surface area (Å²) >= 11 is 0. The number of carbonyl (C=O) groups is 2. The van der Waals surface area contributed by atoms with Gasteiger partial charge in [0.2, 0.25) is 0 Å². The summed E-state index contributed by atoms with van der Waals surface area (Å²) in [4.78, 5) is 26.6. The Morgan fingerprint density at radius 2 is 2.10 bits per heavy atom. The Hall–Kier alpha value is -1.34. The number of rotatable bonds is 3. The molecule has 2 fully saturated rings. The molecule has 0 spiro atoms. The highest BCUT2D eigenvalue weighted by Crippen LogP contribution is 2.18. The van der Waals surface area contributed by atoms with Gasteiger partial charge in [0.1, 0.15) is 0 Å². The zero-order valence-corrected chi connectivity index (χ0v) is 11.9. The molecule has 2 N–H and O–H groups in total. The van der Waals surface area contributed by atoms with Crippen LogP contribution in [0.5, 0.6) is 0 Å². The van der Waals surface area contributed by atoms with Crippen molar-refractivity contribution in [2.45, 2.75) is 25.3 Å². The van der Waals surface area contributed by atoms with Crippen LogP contribution in [0, 0.1) is 0 Å². The molecule has 0 radical (unpaired) electrons. The monoisotopic (exact) mass is 285 g/mol. The highest BCUT2D eigenvalue weighted by Gasteiger charge is 2.33. The molecule has 1 atom stereocenters. The first-order valence-electron chi connectivity index (χ1n) is 7.07. The van der Waals surface area contributed by atoms with Crippen LogP contribution in [0.2, 0.25) is 0 Å². The van der Waals surface area contributed by atoms with Crippen LogP contribution in [0.25, 0.3) is 0 Å². The van der Waals surface area contributed by atoms with Crippen molar-refractivity contribution < 1.29 is 19.4 Å². The molecular weight excluding hydrogens is 262 g/mol. The Labute approximate surface area is 118 Å². The molecule has 2 aliphatic heterocycles. The minimum Gasteiger partial charge on any atom is -0.480 e. The standard InChI is InChI=1S/C13H23N3O4/c1-13(3-8-20-10-13)14-12(19)16-5-2-4-15(6-7-16)9-11(17)18/h2-10H2,1H3,(H,14,19)(H,17,18). The third kappa shape index (κ3) is 4.08. The second kappa shape index (κ2) is 6.41. The number of nitrogens with one attached hydrogen (secondary N) is 1. The number of aliphatic carboxylic acids is 1. The Kier molecular flexibility index (Phi) is 4.82. The second-order valence-electron chi connectivity index (χ2n) is 5.80. The third-order valence-electron chi connectivity index (χ3n) is 3.86. The summed E-state index contributed by atoms with van der Waals surface area (Å²) in [5.74, 6) is -0.821. The average molecular weight is 285 g/mol. The maximum absolute atomic E-state index is 12.3. The number of carboxylic acids is 1. The summed E-state index contributed by atoms with van der Waals surface area (Å²) in [6.45, 7) is 5.83. The molecule has 0 aliphatic carbocycles. The van der Waals surface area contributed by atoms with Gasteiger partial charge < -0.3 is 20.1 Å². The molecule has 2 rings (SSSR count). The largest absolute Gasteiger partial charge is 0.480 e. The van der Waals surface area contributed by atoms with Crippen molar-refractivity contribution in [3.63, 3.8) is 0 Å². The zero-order chi connectivity index (χ0) is 14.6. The molecule has 2 heterocycles. The lowest BCUT2D eigenvalue weighted by atomic mass is 10.0. The van der Waals surface area contributed by atoms with E-state index in [1.165, 1.54) is 0 Å². The van der Waals surface area contributed by atoms with Gasteiger partial charge in [-0.15, -0.1) is 0 Å². The summed E-state index contributed by atoms with van der Waals surface area (Å²) in [5.41, 5.74) is -0.274. The molecule has 0 aromatic heterocycles. The molecule has 7 nitrogen and oxygen atoms in total. The first-order valence-corrected chi connectivity index (χ1v) is 7.07. The van der Waals surface area contributed by atoms with Gasteiger partial charge >= 0.3 is 12.0 Å². The van der Waals surface area contributed by atoms with Gasteiger partial charge in [0, 0.05) is 32.8 Å². The van der Waals surface area contributed by atoms with Crippen LogP contribution < -0.4 is 5.32 Å². The van der Waals surface area contributed by atoms with Gasteiger partial charge in [0.25, 0.3) is 0 Å². The number of ether oxygens (including phenoxy) is 1. The summed E-state index contributed by atoms with van der Waals surface area (Å²) in [7, 11) is 0. The van der Waals surface area contributed by atoms with E-state index in [1.54, 1.807) is 4.90 Å². The van der Waals surface area contributed by atoms with Crippen LogP contribution in [0.15, 0.2) is 0 Å². The SMILES string of the molecule is CC1(NC(=O)N2CCCN(CC(=O)O)CC2)CCOC1. The maximum Gasteiger partial charge on any atom is 0.317 e. The molecule has 20 heavy (non-hydrogen) atoms. The molecule has 2 aliphatic rings. The van der Waals surface area contributed by atoms with E-state index in [9.17, 15) is 9.59 Å². The van der Waals surface area contributed by atoms with Gasteiger partial charge in [-0.25, -0.2) is 4.79 Å². The lowest BCUT2D eigenvalue weighted by Gasteiger charge is -2.29. The lowest BCUT2D eigenvalue weighted by molar-refractivity contribution is -0.138. The van der Waals surface area contributed by atoms with Crippen molar-refractivity contribution in [3.8, 4) is 0 Å². The van der Waals surface area contributed by atoms with Crippen LogP contribution in [-0.2, 0) is 9.53 Å². The molecule has 1 unspecified atom stereocenters. The van der Waals surface area contributed by atoms with Gasteiger partial charge in [0.05, 0.1) is 18.7 Å². The van der Waals surface area contributed by atoms with Crippen molar-refractivity contribution in [2.24, 2.45) is 0 Å². The highest BCUT2D eigenvalue weighted by molar-refractivity contribution is 5.75. The fourth-order valence-corrected chi connectivity index (χ4v) is 2.63. The summed E-state index contributed by atoms with van der Waals surface area (Å²) in [5, 5.41) is 11.8. The normalized spacial score (nSPS) is 28.1. The highest BCUT2D eigenvalue weighted by atomic mass is 16.5. The predicted molar refractivity (Wildman–Crippen MR) is 72.6 cm³/mol.